The van der Waals surface area contributed by atoms with E-state index in [1.54, 1.807) is 7.05 Å². The number of likely N-dealkylation sites (N-methyl/N-ethyl adjacent to an activating group) is 1. The summed E-state index contributed by atoms with van der Waals surface area (Å²) >= 11 is 6.46. The first-order valence-corrected chi connectivity index (χ1v) is 10.9. The molecule has 7 heteroatoms. The molecule has 1 saturated heterocycles. The molecular formula is C23H25NO4S2. The van der Waals surface area contributed by atoms with Crippen LogP contribution in [0, 0.1) is 13.8 Å². The molecule has 1 amide bonds. The molecule has 1 aliphatic heterocycles. The smallest absolute Gasteiger partial charge is 0.265 e. The minimum Gasteiger partial charge on any atom is -0.491 e. The van der Waals surface area contributed by atoms with Crippen molar-refractivity contribution in [2.75, 3.05) is 33.5 Å². The standard InChI is InChI=1S/C23H25NO4S2/c1-16-7-8-20(13-17(16)2)28-12-10-26-9-11-27-19-6-4-5-18(14-19)15-21-22(25)24(3)23(29)30-21/h4-8,13-15H,9-12H2,1-3H3/b21-15-. The summed E-state index contributed by atoms with van der Waals surface area (Å²) < 4.78 is 17.6. The number of ether oxygens (including phenoxy) is 3. The Balaban J connectivity index is 1.38. The summed E-state index contributed by atoms with van der Waals surface area (Å²) in [6.07, 6.45) is 1.83. The van der Waals surface area contributed by atoms with Crippen LogP contribution >= 0.6 is 24.0 Å². The molecule has 0 N–H and O–H groups in total. The summed E-state index contributed by atoms with van der Waals surface area (Å²) in [6, 6.07) is 13.6. The molecular weight excluding hydrogens is 418 g/mol. The molecule has 2 aromatic carbocycles. The van der Waals surface area contributed by atoms with Crippen molar-refractivity contribution in [1.82, 2.24) is 4.90 Å². The van der Waals surface area contributed by atoms with Gasteiger partial charge in [-0.25, -0.2) is 0 Å². The van der Waals surface area contributed by atoms with Crippen molar-refractivity contribution in [3.8, 4) is 11.5 Å². The summed E-state index contributed by atoms with van der Waals surface area (Å²) in [5.74, 6) is 1.51. The zero-order valence-corrected chi connectivity index (χ0v) is 19.0. The van der Waals surface area contributed by atoms with Crippen LogP contribution in [0.3, 0.4) is 0 Å². The van der Waals surface area contributed by atoms with E-state index in [-0.39, 0.29) is 5.91 Å². The van der Waals surface area contributed by atoms with E-state index in [2.05, 4.69) is 19.9 Å². The number of hydrogen-bond acceptors (Lipinski definition) is 6. The molecule has 30 heavy (non-hydrogen) atoms. The Bertz CT molecular complexity index is 958. The topological polar surface area (TPSA) is 48.0 Å². The van der Waals surface area contributed by atoms with Gasteiger partial charge < -0.3 is 14.2 Å². The fourth-order valence-electron chi connectivity index (χ4n) is 2.73. The molecule has 0 atom stereocenters. The van der Waals surface area contributed by atoms with Crippen LogP contribution in [0.15, 0.2) is 47.4 Å². The Morgan fingerprint density at radius 1 is 0.967 bits per heavy atom. The van der Waals surface area contributed by atoms with Gasteiger partial charge in [0, 0.05) is 7.05 Å². The number of nitrogens with zero attached hydrogens (tertiary/aromatic N) is 1. The SMILES string of the molecule is Cc1ccc(OCCOCCOc2cccc(/C=C3\SC(=S)N(C)C3=O)c2)cc1C. The van der Waals surface area contributed by atoms with Crippen LogP contribution in [-0.2, 0) is 9.53 Å². The Morgan fingerprint density at radius 3 is 2.30 bits per heavy atom. The van der Waals surface area contributed by atoms with E-state index >= 15 is 0 Å². The second-order valence-electron chi connectivity index (χ2n) is 6.87. The van der Waals surface area contributed by atoms with Crippen LogP contribution in [0.5, 0.6) is 11.5 Å². The molecule has 2 aromatic rings. The predicted octanol–water partition coefficient (Wildman–Crippen LogP) is 4.61. The first kappa shape index (κ1) is 22.3. The van der Waals surface area contributed by atoms with E-state index in [4.69, 9.17) is 26.4 Å². The number of thiocarbonyl (C=S) groups is 1. The van der Waals surface area contributed by atoms with E-state index in [1.807, 2.05) is 42.5 Å². The first-order valence-electron chi connectivity index (χ1n) is 9.66. The zero-order chi connectivity index (χ0) is 21.5. The number of hydrogen-bond donors (Lipinski definition) is 0. The fraction of sp³-hybridized carbons (Fsp3) is 0.304. The van der Waals surface area contributed by atoms with Gasteiger partial charge in [-0.15, -0.1) is 0 Å². The largest absolute Gasteiger partial charge is 0.491 e. The van der Waals surface area contributed by atoms with Crippen molar-refractivity contribution in [2.45, 2.75) is 13.8 Å². The van der Waals surface area contributed by atoms with E-state index in [0.717, 1.165) is 17.1 Å². The maximum absolute atomic E-state index is 12.1. The van der Waals surface area contributed by atoms with Gasteiger partial charge in [-0.3, -0.25) is 9.69 Å². The van der Waals surface area contributed by atoms with E-state index in [9.17, 15) is 4.79 Å². The minimum absolute atomic E-state index is 0.0762. The number of carbonyl (C=O) groups excluding carboxylic acids is 1. The number of rotatable bonds is 9. The van der Waals surface area contributed by atoms with Crippen molar-refractivity contribution in [2.24, 2.45) is 0 Å². The van der Waals surface area contributed by atoms with Crippen LogP contribution in [0.2, 0.25) is 0 Å². The normalized spacial score (nSPS) is 15.2. The van der Waals surface area contributed by atoms with Crippen LogP contribution in [0.25, 0.3) is 6.08 Å². The highest BCUT2D eigenvalue weighted by Gasteiger charge is 2.28. The van der Waals surface area contributed by atoms with E-state index < -0.39 is 0 Å². The van der Waals surface area contributed by atoms with Gasteiger partial charge in [0.1, 0.15) is 29.0 Å². The number of amides is 1. The van der Waals surface area contributed by atoms with Gasteiger partial charge in [-0.1, -0.05) is 42.2 Å². The highest BCUT2D eigenvalue weighted by Crippen LogP contribution is 2.31. The quantitative estimate of drug-likeness (QED) is 0.320. The highest BCUT2D eigenvalue weighted by molar-refractivity contribution is 8.26. The van der Waals surface area contributed by atoms with Crippen molar-refractivity contribution in [1.29, 1.82) is 0 Å². The molecule has 1 aliphatic rings. The lowest BCUT2D eigenvalue weighted by Gasteiger charge is -2.10. The second-order valence-corrected chi connectivity index (χ2v) is 8.54. The molecule has 0 aromatic heterocycles. The van der Waals surface area contributed by atoms with Gasteiger partial charge >= 0.3 is 0 Å². The molecule has 158 valence electrons. The van der Waals surface area contributed by atoms with Crippen molar-refractivity contribution >= 4 is 40.3 Å². The predicted molar refractivity (Wildman–Crippen MR) is 125 cm³/mol. The minimum atomic E-state index is -0.0762. The van der Waals surface area contributed by atoms with Crippen molar-refractivity contribution < 1.29 is 19.0 Å². The third-order valence-corrected chi connectivity index (χ3v) is 6.10. The van der Waals surface area contributed by atoms with E-state index in [1.165, 1.54) is 27.8 Å². The lowest BCUT2D eigenvalue weighted by atomic mass is 10.1. The lowest BCUT2D eigenvalue weighted by Crippen LogP contribution is -2.22. The van der Waals surface area contributed by atoms with Crippen LogP contribution in [0.1, 0.15) is 16.7 Å². The first-order chi connectivity index (χ1) is 14.4. The van der Waals surface area contributed by atoms with Gasteiger partial charge in [-0.2, -0.15) is 0 Å². The average Bonchev–Trinajstić information content (AvgIpc) is 2.97. The highest BCUT2D eigenvalue weighted by atomic mass is 32.2. The molecule has 1 heterocycles. The summed E-state index contributed by atoms with van der Waals surface area (Å²) in [5, 5.41) is 0. The average molecular weight is 444 g/mol. The Kier molecular flexibility index (Phi) is 7.90. The maximum atomic E-state index is 12.1. The van der Waals surface area contributed by atoms with Gasteiger partial charge in [-0.05, 0) is 60.9 Å². The number of aryl methyl sites for hydroxylation is 2. The fourth-order valence-corrected chi connectivity index (χ4v) is 3.91. The molecule has 5 nitrogen and oxygen atoms in total. The molecule has 0 aliphatic carbocycles. The van der Waals surface area contributed by atoms with Crippen LogP contribution in [0.4, 0.5) is 0 Å². The molecule has 1 fully saturated rings. The molecule has 0 bridgehead atoms. The second kappa shape index (κ2) is 10.6. The summed E-state index contributed by atoms with van der Waals surface area (Å²) in [4.78, 5) is 14.2. The molecule has 0 unspecified atom stereocenters. The maximum Gasteiger partial charge on any atom is 0.265 e. The van der Waals surface area contributed by atoms with Crippen molar-refractivity contribution in [3.05, 3.63) is 64.1 Å². The summed E-state index contributed by atoms with van der Waals surface area (Å²) in [7, 11) is 1.69. The Morgan fingerprint density at radius 2 is 1.67 bits per heavy atom. The van der Waals surface area contributed by atoms with Crippen molar-refractivity contribution in [3.63, 3.8) is 0 Å². The van der Waals surface area contributed by atoms with Gasteiger partial charge in [0.15, 0.2) is 0 Å². The third-order valence-electron chi connectivity index (χ3n) is 4.61. The summed E-state index contributed by atoms with van der Waals surface area (Å²) in [5.41, 5.74) is 3.36. The molecule has 0 saturated carbocycles. The lowest BCUT2D eigenvalue weighted by molar-refractivity contribution is -0.121. The van der Waals surface area contributed by atoms with Gasteiger partial charge in [0.2, 0.25) is 0 Å². The monoisotopic (exact) mass is 443 g/mol. The molecule has 0 spiro atoms. The zero-order valence-electron chi connectivity index (χ0n) is 17.3. The van der Waals surface area contributed by atoms with Gasteiger partial charge in [0.25, 0.3) is 5.91 Å². The Labute approximate surface area is 187 Å². The number of thioether (sulfide) groups is 1. The van der Waals surface area contributed by atoms with Crippen LogP contribution < -0.4 is 9.47 Å². The number of benzene rings is 2. The Hall–Kier alpha value is -2.35. The summed E-state index contributed by atoms with van der Waals surface area (Å²) in [6.45, 7) is 6.04. The van der Waals surface area contributed by atoms with Gasteiger partial charge in [0.05, 0.1) is 18.1 Å². The molecule has 0 radical (unpaired) electrons. The molecule has 3 rings (SSSR count). The number of carbonyl (C=O) groups is 1. The van der Waals surface area contributed by atoms with E-state index in [0.29, 0.717) is 35.7 Å². The van der Waals surface area contributed by atoms with Crippen LogP contribution in [-0.4, -0.2) is 48.6 Å². The third kappa shape index (κ3) is 6.08.